The molecule has 1 saturated carbocycles. The zero-order valence-electron chi connectivity index (χ0n) is 13.5. The first-order valence-corrected chi connectivity index (χ1v) is 9.39. The van der Waals surface area contributed by atoms with Crippen LogP contribution in [0.1, 0.15) is 37.2 Å². The predicted octanol–water partition coefficient (Wildman–Crippen LogP) is 4.88. The molecule has 2 aromatic heterocycles. The Hall–Kier alpha value is -1.88. The van der Waals surface area contributed by atoms with Gasteiger partial charge in [0.2, 0.25) is 0 Å². The van der Waals surface area contributed by atoms with Gasteiger partial charge in [-0.15, -0.1) is 0 Å². The van der Waals surface area contributed by atoms with Crippen molar-refractivity contribution in [1.82, 2.24) is 14.6 Å². The van der Waals surface area contributed by atoms with Gasteiger partial charge in [0.1, 0.15) is 5.82 Å². The van der Waals surface area contributed by atoms with Gasteiger partial charge >= 0.3 is 0 Å². The Morgan fingerprint density at radius 3 is 2.83 bits per heavy atom. The second-order valence-corrected chi connectivity index (χ2v) is 7.37. The van der Waals surface area contributed by atoms with Crippen molar-refractivity contribution in [3.8, 4) is 0 Å². The van der Waals surface area contributed by atoms with Gasteiger partial charge in [-0.05, 0) is 52.2 Å². The predicted molar refractivity (Wildman–Crippen MR) is 100 cm³/mol. The standard InChI is InChI=1S/C19H21BrN4/c20-17-13-22-24-11-10-18(23-19(17)24)21-12-15-8-4-5-9-16(15)14-6-2-1-3-7-14/h1-3,6-7,10-11,13,15-16H,4-5,8-9,12H2,(H,21,23). The van der Waals surface area contributed by atoms with Crippen molar-refractivity contribution in [2.45, 2.75) is 31.6 Å². The van der Waals surface area contributed by atoms with E-state index in [2.05, 4.69) is 61.7 Å². The van der Waals surface area contributed by atoms with E-state index in [1.165, 1.54) is 31.2 Å². The van der Waals surface area contributed by atoms with Crippen LogP contribution >= 0.6 is 15.9 Å². The van der Waals surface area contributed by atoms with Crippen LogP contribution < -0.4 is 5.32 Å². The van der Waals surface area contributed by atoms with Crippen molar-refractivity contribution in [1.29, 1.82) is 0 Å². The molecule has 2 heterocycles. The van der Waals surface area contributed by atoms with Crippen LogP contribution in [-0.4, -0.2) is 21.1 Å². The van der Waals surface area contributed by atoms with E-state index in [1.54, 1.807) is 10.7 Å². The summed E-state index contributed by atoms with van der Waals surface area (Å²) in [6, 6.07) is 12.9. The molecule has 4 rings (SSSR count). The first-order chi connectivity index (χ1) is 11.8. The Morgan fingerprint density at radius 2 is 1.96 bits per heavy atom. The van der Waals surface area contributed by atoms with Gasteiger partial charge in [0, 0.05) is 12.7 Å². The quantitative estimate of drug-likeness (QED) is 0.696. The number of hydrogen-bond donors (Lipinski definition) is 1. The molecule has 0 radical (unpaired) electrons. The number of halogens is 1. The van der Waals surface area contributed by atoms with E-state index in [9.17, 15) is 0 Å². The number of benzene rings is 1. The van der Waals surface area contributed by atoms with Gasteiger partial charge in [0.15, 0.2) is 5.65 Å². The lowest BCUT2D eigenvalue weighted by Crippen LogP contribution is -2.25. The van der Waals surface area contributed by atoms with E-state index >= 15 is 0 Å². The van der Waals surface area contributed by atoms with Crippen molar-refractivity contribution in [2.75, 3.05) is 11.9 Å². The first kappa shape index (κ1) is 15.6. The highest BCUT2D eigenvalue weighted by Gasteiger charge is 2.26. The van der Waals surface area contributed by atoms with Crippen LogP contribution in [0.5, 0.6) is 0 Å². The number of nitrogens with one attached hydrogen (secondary N) is 1. The lowest BCUT2D eigenvalue weighted by atomic mass is 9.75. The molecule has 1 aliphatic carbocycles. The van der Waals surface area contributed by atoms with Gasteiger partial charge < -0.3 is 5.32 Å². The highest BCUT2D eigenvalue weighted by molar-refractivity contribution is 9.10. The minimum atomic E-state index is 0.651. The van der Waals surface area contributed by atoms with Crippen molar-refractivity contribution < 1.29 is 0 Å². The van der Waals surface area contributed by atoms with E-state index in [0.29, 0.717) is 11.8 Å². The topological polar surface area (TPSA) is 42.2 Å². The maximum absolute atomic E-state index is 4.66. The normalized spacial score (nSPS) is 21.0. The fourth-order valence-corrected chi connectivity index (χ4v) is 4.13. The van der Waals surface area contributed by atoms with E-state index in [-0.39, 0.29) is 0 Å². The van der Waals surface area contributed by atoms with Gasteiger partial charge in [-0.3, -0.25) is 0 Å². The number of nitrogens with zero attached hydrogens (tertiary/aromatic N) is 3. The molecule has 1 aliphatic rings. The van der Waals surface area contributed by atoms with Crippen molar-refractivity contribution in [3.63, 3.8) is 0 Å². The highest BCUT2D eigenvalue weighted by Crippen LogP contribution is 2.37. The molecule has 2 unspecified atom stereocenters. The van der Waals surface area contributed by atoms with Crippen LogP contribution in [0.3, 0.4) is 0 Å². The van der Waals surface area contributed by atoms with E-state index < -0.39 is 0 Å². The summed E-state index contributed by atoms with van der Waals surface area (Å²) >= 11 is 3.50. The van der Waals surface area contributed by atoms with Gasteiger partial charge in [-0.2, -0.15) is 5.10 Å². The first-order valence-electron chi connectivity index (χ1n) is 8.60. The monoisotopic (exact) mass is 384 g/mol. The lowest BCUT2D eigenvalue weighted by Gasteiger charge is -2.32. The number of anilines is 1. The summed E-state index contributed by atoms with van der Waals surface area (Å²) in [6.07, 6.45) is 8.96. The summed E-state index contributed by atoms with van der Waals surface area (Å²) in [5, 5.41) is 7.79. The summed E-state index contributed by atoms with van der Waals surface area (Å²) in [4.78, 5) is 4.66. The molecule has 0 amide bonds. The van der Waals surface area contributed by atoms with Gasteiger partial charge in [-0.1, -0.05) is 43.2 Å². The summed E-state index contributed by atoms with van der Waals surface area (Å²) < 4.78 is 2.70. The second kappa shape index (κ2) is 6.93. The van der Waals surface area contributed by atoms with Gasteiger partial charge in [0.25, 0.3) is 0 Å². The fraction of sp³-hybridized carbons (Fsp3) is 0.368. The Bertz CT molecular complexity index is 815. The molecule has 3 aromatic rings. The molecule has 0 aliphatic heterocycles. The number of rotatable bonds is 4. The Kier molecular flexibility index (Phi) is 4.52. The smallest absolute Gasteiger partial charge is 0.171 e. The molecular weight excluding hydrogens is 364 g/mol. The molecule has 24 heavy (non-hydrogen) atoms. The van der Waals surface area contributed by atoms with Crippen molar-refractivity contribution in [2.24, 2.45) is 5.92 Å². The van der Waals surface area contributed by atoms with Crippen LogP contribution in [0.15, 0.2) is 53.3 Å². The van der Waals surface area contributed by atoms with Crippen LogP contribution in [0, 0.1) is 5.92 Å². The third-order valence-electron chi connectivity index (χ3n) is 5.01. The maximum atomic E-state index is 4.66. The molecule has 0 bridgehead atoms. The van der Waals surface area contributed by atoms with E-state index in [4.69, 9.17) is 0 Å². The average molecular weight is 385 g/mol. The third kappa shape index (κ3) is 3.18. The van der Waals surface area contributed by atoms with E-state index in [1.807, 2.05) is 12.3 Å². The highest BCUT2D eigenvalue weighted by atomic mass is 79.9. The van der Waals surface area contributed by atoms with Crippen LogP contribution in [0.2, 0.25) is 0 Å². The molecule has 1 aromatic carbocycles. The maximum Gasteiger partial charge on any atom is 0.171 e. The van der Waals surface area contributed by atoms with Gasteiger partial charge in [0.05, 0.1) is 10.7 Å². The minimum absolute atomic E-state index is 0.651. The fourth-order valence-electron chi connectivity index (χ4n) is 3.77. The van der Waals surface area contributed by atoms with Gasteiger partial charge in [-0.25, -0.2) is 9.50 Å². The minimum Gasteiger partial charge on any atom is -0.370 e. The molecule has 0 saturated heterocycles. The number of hydrogen-bond acceptors (Lipinski definition) is 3. The molecule has 124 valence electrons. The molecule has 2 atom stereocenters. The average Bonchev–Trinajstić information content (AvgIpc) is 3.01. The molecule has 1 fully saturated rings. The van der Waals surface area contributed by atoms with Crippen LogP contribution in [-0.2, 0) is 0 Å². The third-order valence-corrected chi connectivity index (χ3v) is 5.57. The number of aromatic nitrogens is 3. The molecule has 1 N–H and O–H groups in total. The Labute approximate surface area is 150 Å². The Balaban J connectivity index is 1.49. The van der Waals surface area contributed by atoms with Crippen LogP contribution in [0.25, 0.3) is 5.65 Å². The molecular formula is C19H21BrN4. The zero-order valence-corrected chi connectivity index (χ0v) is 15.1. The lowest BCUT2D eigenvalue weighted by molar-refractivity contribution is 0.320. The van der Waals surface area contributed by atoms with Crippen LogP contribution in [0.4, 0.5) is 5.82 Å². The Morgan fingerprint density at radius 1 is 1.12 bits per heavy atom. The van der Waals surface area contributed by atoms with Crippen molar-refractivity contribution >= 4 is 27.4 Å². The summed E-state index contributed by atoms with van der Waals surface area (Å²) in [5.74, 6) is 2.23. The molecule has 5 heteroatoms. The van der Waals surface area contributed by atoms with Crippen molar-refractivity contribution in [3.05, 3.63) is 58.8 Å². The zero-order chi connectivity index (χ0) is 16.4. The SMILES string of the molecule is Brc1cnn2ccc(NCC3CCCCC3c3ccccc3)nc12. The summed E-state index contributed by atoms with van der Waals surface area (Å²) in [5.41, 5.74) is 2.33. The molecule has 4 nitrogen and oxygen atoms in total. The second-order valence-electron chi connectivity index (χ2n) is 6.52. The largest absolute Gasteiger partial charge is 0.370 e. The van der Waals surface area contributed by atoms with E-state index in [0.717, 1.165) is 22.5 Å². The number of fused-ring (bicyclic) bond motifs is 1. The molecule has 0 spiro atoms. The summed E-state index contributed by atoms with van der Waals surface area (Å²) in [7, 11) is 0. The summed E-state index contributed by atoms with van der Waals surface area (Å²) in [6.45, 7) is 0.967.